The quantitative estimate of drug-likeness (QED) is 0.466. The molecule has 1 aromatic rings. The molecule has 0 bridgehead atoms. The smallest absolute Gasteiger partial charge is 0.267 e. The van der Waals surface area contributed by atoms with Gasteiger partial charge < -0.3 is 0 Å². The van der Waals surface area contributed by atoms with Gasteiger partial charge in [-0.2, -0.15) is 0 Å². The highest BCUT2D eigenvalue weighted by atomic mass is 16.2. The van der Waals surface area contributed by atoms with Crippen molar-refractivity contribution < 1.29 is 4.79 Å². The highest BCUT2D eigenvalue weighted by molar-refractivity contribution is 5.94. The Morgan fingerprint density at radius 2 is 1.44 bits per heavy atom. The monoisotopic (exact) mass is 344 g/mol. The van der Waals surface area contributed by atoms with E-state index in [0.29, 0.717) is 12.5 Å². The summed E-state index contributed by atoms with van der Waals surface area (Å²) in [5, 5.41) is 1.45. The van der Waals surface area contributed by atoms with Gasteiger partial charge in [-0.05, 0) is 52.8 Å². The van der Waals surface area contributed by atoms with E-state index < -0.39 is 0 Å². The lowest BCUT2D eigenvalue weighted by Crippen LogP contribution is -2.41. The fourth-order valence-electron chi connectivity index (χ4n) is 3.51. The van der Waals surface area contributed by atoms with E-state index in [1.165, 1.54) is 48.2 Å². The zero-order chi connectivity index (χ0) is 18.8. The summed E-state index contributed by atoms with van der Waals surface area (Å²) < 4.78 is 0. The lowest BCUT2D eigenvalue weighted by molar-refractivity contribution is 0.0713. The molecule has 1 aliphatic rings. The minimum Gasteiger partial charge on any atom is -0.276 e. The van der Waals surface area contributed by atoms with E-state index in [0.717, 1.165) is 5.56 Å². The molecule has 0 unspecified atom stereocenters. The van der Waals surface area contributed by atoms with Gasteiger partial charge in [0, 0.05) is 12.1 Å². The Bertz CT molecular complexity index is 569. The number of hydrogen-bond acceptors (Lipinski definition) is 2. The molecule has 0 atom stereocenters. The minimum atomic E-state index is -0.0535. The van der Waals surface area contributed by atoms with Crippen LogP contribution in [0.3, 0.4) is 0 Å². The Morgan fingerprint density at radius 1 is 0.960 bits per heavy atom. The molecule has 0 heterocycles. The topological polar surface area (TPSA) is 46.3 Å². The summed E-state index contributed by atoms with van der Waals surface area (Å²) in [5.74, 6) is 6.68. The lowest BCUT2D eigenvalue weighted by atomic mass is 9.79. The molecule has 0 aromatic heterocycles. The maximum atomic E-state index is 13.0. The van der Waals surface area contributed by atoms with E-state index in [9.17, 15) is 4.79 Å². The molecular weight excluding hydrogens is 308 g/mol. The first kappa shape index (κ1) is 20.0. The van der Waals surface area contributed by atoms with Crippen molar-refractivity contribution in [1.82, 2.24) is 5.01 Å². The third-order valence-corrected chi connectivity index (χ3v) is 5.35. The Balaban J connectivity index is 2.27. The number of nitrogens with zero attached hydrogens (tertiary/aromatic N) is 1. The molecule has 0 saturated heterocycles. The number of amides is 1. The van der Waals surface area contributed by atoms with Gasteiger partial charge in [0.25, 0.3) is 5.91 Å². The Kier molecular flexibility index (Phi) is 5.98. The van der Waals surface area contributed by atoms with Gasteiger partial charge in [0.05, 0.1) is 0 Å². The summed E-state index contributed by atoms with van der Waals surface area (Å²) in [5.41, 5.74) is 3.09. The van der Waals surface area contributed by atoms with Crippen LogP contribution in [0.2, 0.25) is 0 Å². The molecule has 140 valence electrons. The molecule has 3 nitrogen and oxygen atoms in total. The molecule has 2 rings (SSSR count). The van der Waals surface area contributed by atoms with Gasteiger partial charge in [-0.25, -0.2) is 5.84 Å². The predicted octanol–water partition coefficient (Wildman–Crippen LogP) is 5.18. The number of benzene rings is 1. The molecule has 1 saturated carbocycles. The highest BCUT2D eigenvalue weighted by Gasteiger charge is 2.25. The molecule has 1 aliphatic carbocycles. The van der Waals surface area contributed by atoms with Crippen LogP contribution in [0.25, 0.3) is 0 Å². The summed E-state index contributed by atoms with van der Waals surface area (Å²) in [4.78, 5) is 13.0. The van der Waals surface area contributed by atoms with Gasteiger partial charge in [-0.1, -0.05) is 66.9 Å². The zero-order valence-corrected chi connectivity index (χ0v) is 17.0. The number of rotatable bonds is 3. The van der Waals surface area contributed by atoms with Crippen LogP contribution in [0.4, 0.5) is 0 Å². The standard InChI is InChI=1S/C22H36N2O/c1-21(2,3)18-12-17(13-19(14-18)22(4,5)6)20(25)24(23)15-16-10-8-7-9-11-16/h12-14,16H,7-11,15,23H2,1-6H3. The van der Waals surface area contributed by atoms with Crippen LogP contribution in [-0.2, 0) is 10.8 Å². The fraction of sp³-hybridized carbons (Fsp3) is 0.682. The van der Waals surface area contributed by atoms with Crippen LogP contribution < -0.4 is 5.84 Å². The summed E-state index contributed by atoms with van der Waals surface area (Å²) in [7, 11) is 0. The Morgan fingerprint density at radius 3 is 1.88 bits per heavy atom. The van der Waals surface area contributed by atoms with Crippen molar-refractivity contribution in [2.75, 3.05) is 6.54 Å². The highest BCUT2D eigenvalue weighted by Crippen LogP contribution is 2.31. The Hall–Kier alpha value is -1.35. The van der Waals surface area contributed by atoms with E-state index in [4.69, 9.17) is 5.84 Å². The van der Waals surface area contributed by atoms with Gasteiger partial charge in [0.2, 0.25) is 0 Å². The third kappa shape index (κ3) is 5.31. The number of carbonyl (C=O) groups excluding carboxylic acids is 1. The van der Waals surface area contributed by atoms with E-state index in [-0.39, 0.29) is 16.7 Å². The molecular formula is C22H36N2O. The second-order valence-electron chi connectivity index (χ2n) is 9.76. The molecule has 1 aromatic carbocycles. The van der Waals surface area contributed by atoms with Gasteiger partial charge in [0.15, 0.2) is 0 Å². The molecule has 2 N–H and O–H groups in total. The number of hydrogen-bond donors (Lipinski definition) is 1. The SMILES string of the molecule is CC(C)(C)c1cc(C(=O)N(N)CC2CCCCC2)cc(C(C)(C)C)c1. The first-order valence-electron chi connectivity index (χ1n) is 9.71. The third-order valence-electron chi connectivity index (χ3n) is 5.35. The van der Waals surface area contributed by atoms with Gasteiger partial charge in [-0.3, -0.25) is 9.80 Å². The van der Waals surface area contributed by atoms with Crippen LogP contribution in [0.15, 0.2) is 18.2 Å². The number of hydrazine groups is 1. The van der Waals surface area contributed by atoms with Crippen LogP contribution in [-0.4, -0.2) is 17.5 Å². The lowest BCUT2D eigenvalue weighted by Gasteiger charge is -2.29. The molecule has 1 fully saturated rings. The van der Waals surface area contributed by atoms with E-state index in [1.807, 2.05) is 12.1 Å². The maximum absolute atomic E-state index is 13.0. The van der Waals surface area contributed by atoms with Gasteiger partial charge in [-0.15, -0.1) is 0 Å². The first-order chi connectivity index (χ1) is 11.5. The normalized spacial score (nSPS) is 16.8. The zero-order valence-electron chi connectivity index (χ0n) is 17.0. The van der Waals surface area contributed by atoms with Crippen molar-refractivity contribution in [3.8, 4) is 0 Å². The number of carbonyl (C=O) groups is 1. The second-order valence-corrected chi connectivity index (χ2v) is 9.76. The van der Waals surface area contributed by atoms with Crippen LogP contribution in [0, 0.1) is 5.92 Å². The van der Waals surface area contributed by atoms with Crippen molar-refractivity contribution in [1.29, 1.82) is 0 Å². The molecule has 1 amide bonds. The summed E-state index contributed by atoms with van der Waals surface area (Å²) in [6.45, 7) is 13.8. The largest absolute Gasteiger partial charge is 0.276 e. The van der Waals surface area contributed by atoms with Crippen LogP contribution in [0.1, 0.15) is 95.1 Å². The average molecular weight is 345 g/mol. The molecule has 0 spiro atoms. The maximum Gasteiger partial charge on any atom is 0.267 e. The van der Waals surface area contributed by atoms with Crippen LogP contribution >= 0.6 is 0 Å². The fourth-order valence-corrected chi connectivity index (χ4v) is 3.51. The van der Waals surface area contributed by atoms with E-state index in [2.05, 4.69) is 47.6 Å². The van der Waals surface area contributed by atoms with Crippen molar-refractivity contribution >= 4 is 5.91 Å². The van der Waals surface area contributed by atoms with E-state index in [1.54, 1.807) is 0 Å². The summed E-state index contributed by atoms with van der Waals surface area (Å²) in [6, 6.07) is 6.29. The summed E-state index contributed by atoms with van der Waals surface area (Å²) in [6.07, 6.45) is 6.23. The Labute approximate surface area is 153 Å². The predicted molar refractivity (Wildman–Crippen MR) is 106 cm³/mol. The average Bonchev–Trinajstić information content (AvgIpc) is 2.53. The second kappa shape index (κ2) is 7.49. The molecule has 0 radical (unpaired) electrons. The molecule has 3 heteroatoms. The van der Waals surface area contributed by atoms with Gasteiger partial charge >= 0.3 is 0 Å². The number of nitrogens with two attached hydrogens (primary N) is 1. The van der Waals surface area contributed by atoms with Gasteiger partial charge in [0.1, 0.15) is 0 Å². The van der Waals surface area contributed by atoms with Crippen LogP contribution in [0.5, 0.6) is 0 Å². The first-order valence-corrected chi connectivity index (χ1v) is 9.71. The van der Waals surface area contributed by atoms with Crippen molar-refractivity contribution in [2.45, 2.75) is 84.5 Å². The molecule has 25 heavy (non-hydrogen) atoms. The van der Waals surface area contributed by atoms with Crippen molar-refractivity contribution in [3.63, 3.8) is 0 Å². The summed E-state index contributed by atoms with van der Waals surface area (Å²) >= 11 is 0. The minimum absolute atomic E-state index is 0.000904. The molecule has 0 aliphatic heterocycles. The van der Waals surface area contributed by atoms with Crippen molar-refractivity contribution in [2.24, 2.45) is 11.8 Å². The van der Waals surface area contributed by atoms with Crippen molar-refractivity contribution in [3.05, 3.63) is 34.9 Å². The van der Waals surface area contributed by atoms with E-state index >= 15 is 0 Å².